The van der Waals surface area contributed by atoms with Gasteiger partial charge in [0.05, 0.1) is 10.6 Å². The van der Waals surface area contributed by atoms with Crippen LogP contribution in [0.25, 0.3) is 11.1 Å². The molecule has 124 valence electrons. The lowest BCUT2D eigenvalue weighted by molar-refractivity contribution is 0.0697. The molecule has 3 rings (SSSR count). The predicted molar refractivity (Wildman–Crippen MR) is 98.3 cm³/mol. The maximum atomic E-state index is 12.8. The Balaban J connectivity index is 1.90. The summed E-state index contributed by atoms with van der Waals surface area (Å²) in [6, 6.07) is 21.8. The number of halogens is 1. The fraction of sp³-hybridized carbons (Fsp3) is 0.0476. The third kappa shape index (κ3) is 3.78. The zero-order chi connectivity index (χ0) is 17.8. The average Bonchev–Trinajstić information content (AvgIpc) is 2.62. The highest BCUT2D eigenvalue weighted by Crippen LogP contribution is 2.25. The van der Waals surface area contributed by atoms with Crippen LogP contribution in [0.3, 0.4) is 0 Å². The summed E-state index contributed by atoms with van der Waals surface area (Å²) in [5, 5.41) is 9.16. The first-order chi connectivity index (χ1) is 12.1. The van der Waals surface area contributed by atoms with E-state index in [1.54, 1.807) is 12.1 Å². The molecule has 0 aliphatic carbocycles. The molecule has 0 amide bonds. The van der Waals surface area contributed by atoms with Gasteiger partial charge < -0.3 is 5.11 Å². The Kier molecular flexibility index (Phi) is 4.96. The van der Waals surface area contributed by atoms with Crippen LogP contribution in [-0.2, 0) is 6.42 Å². The van der Waals surface area contributed by atoms with Crippen LogP contribution in [0.4, 0.5) is 0 Å². The van der Waals surface area contributed by atoms with Crippen molar-refractivity contribution in [1.29, 1.82) is 0 Å². The van der Waals surface area contributed by atoms with Crippen molar-refractivity contribution < 1.29 is 14.7 Å². The van der Waals surface area contributed by atoms with Gasteiger partial charge >= 0.3 is 5.97 Å². The first kappa shape index (κ1) is 16.9. The van der Waals surface area contributed by atoms with E-state index in [2.05, 4.69) is 0 Å². The first-order valence-corrected chi connectivity index (χ1v) is 8.13. The summed E-state index contributed by atoms with van der Waals surface area (Å²) in [4.78, 5) is 23.8. The van der Waals surface area contributed by atoms with Gasteiger partial charge in [-0.2, -0.15) is 0 Å². The summed E-state index contributed by atoms with van der Waals surface area (Å²) in [6.45, 7) is 0. The molecule has 0 atom stereocenters. The van der Waals surface area contributed by atoms with E-state index in [0.29, 0.717) is 11.1 Å². The third-order valence-electron chi connectivity index (χ3n) is 3.94. The SMILES string of the molecule is O=C(O)c1ccc(CC(=O)c2ccccc2-c2ccccc2)cc1Cl. The zero-order valence-corrected chi connectivity index (χ0v) is 14.0. The summed E-state index contributed by atoms with van der Waals surface area (Å²) in [6.07, 6.45) is 0.156. The summed E-state index contributed by atoms with van der Waals surface area (Å²) in [7, 11) is 0. The molecule has 0 fully saturated rings. The number of hydrogen-bond donors (Lipinski definition) is 1. The normalized spacial score (nSPS) is 10.4. The van der Waals surface area contributed by atoms with Crippen LogP contribution in [0.2, 0.25) is 5.02 Å². The van der Waals surface area contributed by atoms with Crippen molar-refractivity contribution >= 4 is 23.4 Å². The number of rotatable bonds is 5. The molecule has 0 saturated carbocycles. The van der Waals surface area contributed by atoms with Crippen molar-refractivity contribution in [2.45, 2.75) is 6.42 Å². The maximum absolute atomic E-state index is 12.8. The smallest absolute Gasteiger partial charge is 0.337 e. The van der Waals surface area contributed by atoms with Gasteiger partial charge in [0.1, 0.15) is 0 Å². The van der Waals surface area contributed by atoms with E-state index in [0.717, 1.165) is 11.1 Å². The van der Waals surface area contributed by atoms with Gasteiger partial charge in [-0.3, -0.25) is 4.79 Å². The number of hydrogen-bond acceptors (Lipinski definition) is 2. The Hall–Kier alpha value is -2.91. The molecule has 0 aliphatic heterocycles. The van der Waals surface area contributed by atoms with Gasteiger partial charge in [0.25, 0.3) is 0 Å². The van der Waals surface area contributed by atoms with Gasteiger partial charge in [-0.25, -0.2) is 4.79 Å². The van der Waals surface area contributed by atoms with Crippen molar-refractivity contribution in [2.24, 2.45) is 0 Å². The van der Waals surface area contributed by atoms with Gasteiger partial charge in [0.15, 0.2) is 5.78 Å². The largest absolute Gasteiger partial charge is 0.478 e. The van der Waals surface area contributed by atoms with Crippen LogP contribution in [-0.4, -0.2) is 16.9 Å². The molecule has 0 heterocycles. The Morgan fingerprint density at radius 2 is 1.52 bits per heavy atom. The standard InChI is InChI=1S/C21H15ClO3/c22-19-12-14(10-11-18(19)21(24)25)13-20(23)17-9-5-4-8-16(17)15-6-2-1-3-7-15/h1-12H,13H2,(H,24,25). The number of carbonyl (C=O) groups is 2. The van der Waals surface area contributed by atoms with Gasteiger partial charge in [0.2, 0.25) is 0 Å². The van der Waals surface area contributed by atoms with E-state index in [9.17, 15) is 9.59 Å². The minimum Gasteiger partial charge on any atom is -0.478 e. The quantitative estimate of drug-likeness (QED) is 0.649. The molecule has 4 heteroatoms. The van der Waals surface area contributed by atoms with Gasteiger partial charge in [0, 0.05) is 12.0 Å². The van der Waals surface area contributed by atoms with Crippen molar-refractivity contribution in [2.75, 3.05) is 0 Å². The number of carbonyl (C=O) groups excluding carboxylic acids is 1. The van der Waals surface area contributed by atoms with Gasteiger partial charge in [-0.05, 0) is 28.8 Å². The molecule has 0 spiro atoms. The van der Waals surface area contributed by atoms with E-state index in [1.165, 1.54) is 12.1 Å². The molecule has 0 bridgehead atoms. The monoisotopic (exact) mass is 350 g/mol. The van der Waals surface area contributed by atoms with Crippen LogP contribution < -0.4 is 0 Å². The van der Waals surface area contributed by atoms with Crippen molar-refractivity contribution in [3.63, 3.8) is 0 Å². The number of Topliss-reactive ketones (excluding diaryl/α,β-unsaturated/α-hetero) is 1. The second-order valence-corrected chi connectivity index (χ2v) is 6.04. The Labute approximate surface area is 150 Å². The molecule has 3 aromatic carbocycles. The van der Waals surface area contributed by atoms with E-state index in [-0.39, 0.29) is 22.8 Å². The molecular weight excluding hydrogens is 336 g/mol. The van der Waals surface area contributed by atoms with E-state index in [4.69, 9.17) is 16.7 Å². The minimum atomic E-state index is -1.09. The number of benzene rings is 3. The molecule has 0 aliphatic rings. The van der Waals surface area contributed by atoms with Gasteiger partial charge in [-0.1, -0.05) is 72.3 Å². The fourth-order valence-electron chi connectivity index (χ4n) is 2.72. The number of aromatic carboxylic acids is 1. The summed E-state index contributed by atoms with van der Waals surface area (Å²) < 4.78 is 0. The molecule has 0 radical (unpaired) electrons. The lowest BCUT2D eigenvalue weighted by Crippen LogP contribution is -2.06. The number of ketones is 1. The predicted octanol–water partition coefficient (Wildman–Crippen LogP) is 5.13. The average molecular weight is 351 g/mol. The van der Waals surface area contributed by atoms with Crippen molar-refractivity contribution in [3.8, 4) is 11.1 Å². The first-order valence-electron chi connectivity index (χ1n) is 7.75. The van der Waals surface area contributed by atoms with E-state index < -0.39 is 5.97 Å². The molecule has 0 aromatic heterocycles. The molecule has 3 aromatic rings. The van der Waals surface area contributed by atoms with E-state index in [1.807, 2.05) is 48.5 Å². The summed E-state index contributed by atoms with van der Waals surface area (Å²) in [5.74, 6) is -1.13. The van der Waals surface area contributed by atoms with Crippen LogP contribution in [0.5, 0.6) is 0 Å². The molecule has 0 unspecified atom stereocenters. The molecular formula is C21H15ClO3. The minimum absolute atomic E-state index is 0.0301. The highest BCUT2D eigenvalue weighted by molar-refractivity contribution is 6.33. The van der Waals surface area contributed by atoms with E-state index >= 15 is 0 Å². The Bertz CT molecular complexity index is 933. The number of carboxylic acids is 1. The van der Waals surface area contributed by atoms with Crippen LogP contribution in [0.1, 0.15) is 26.3 Å². The topological polar surface area (TPSA) is 54.4 Å². The highest BCUT2D eigenvalue weighted by Gasteiger charge is 2.15. The second kappa shape index (κ2) is 7.32. The molecule has 3 nitrogen and oxygen atoms in total. The molecule has 0 saturated heterocycles. The maximum Gasteiger partial charge on any atom is 0.337 e. The summed E-state index contributed by atoms with van der Waals surface area (Å²) in [5.41, 5.74) is 3.20. The van der Waals surface area contributed by atoms with Crippen LogP contribution >= 0.6 is 11.6 Å². The fourth-order valence-corrected chi connectivity index (χ4v) is 3.00. The van der Waals surface area contributed by atoms with Crippen LogP contribution in [0.15, 0.2) is 72.8 Å². The molecule has 1 N–H and O–H groups in total. The van der Waals surface area contributed by atoms with Gasteiger partial charge in [-0.15, -0.1) is 0 Å². The molecule has 25 heavy (non-hydrogen) atoms. The van der Waals surface area contributed by atoms with Crippen LogP contribution in [0, 0.1) is 0 Å². The lowest BCUT2D eigenvalue weighted by Gasteiger charge is -2.09. The third-order valence-corrected chi connectivity index (χ3v) is 4.25. The Morgan fingerprint density at radius 3 is 2.20 bits per heavy atom. The zero-order valence-electron chi connectivity index (χ0n) is 13.3. The highest BCUT2D eigenvalue weighted by atomic mass is 35.5. The lowest BCUT2D eigenvalue weighted by atomic mass is 9.94. The summed E-state index contributed by atoms with van der Waals surface area (Å²) >= 11 is 5.99. The second-order valence-electron chi connectivity index (χ2n) is 5.63. The number of carboxylic acid groups (broad SMARTS) is 1. The van der Waals surface area contributed by atoms with Crippen molar-refractivity contribution in [3.05, 3.63) is 94.5 Å². The van der Waals surface area contributed by atoms with Crippen molar-refractivity contribution in [1.82, 2.24) is 0 Å². The Morgan fingerprint density at radius 1 is 0.840 bits per heavy atom.